The van der Waals surface area contributed by atoms with Crippen molar-refractivity contribution in [2.45, 2.75) is 18.7 Å². The van der Waals surface area contributed by atoms with Crippen molar-refractivity contribution in [3.05, 3.63) is 95.5 Å². The first kappa shape index (κ1) is 23.6. The van der Waals surface area contributed by atoms with Gasteiger partial charge in [0.05, 0.1) is 23.8 Å². The van der Waals surface area contributed by atoms with E-state index in [4.69, 9.17) is 0 Å². The van der Waals surface area contributed by atoms with E-state index in [0.29, 0.717) is 0 Å². The molecule has 1 aliphatic heterocycles. The van der Waals surface area contributed by atoms with Gasteiger partial charge in [0.25, 0.3) is 5.82 Å². The van der Waals surface area contributed by atoms with Gasteiger partial charge >= 0.3 is 0 Å². The molecule has 0 spiro atoms. The molecular weight excluding hydrogens is 537 g/mol. The fourth-order valence-corrected chi connectivity index (χ4v) is 5.55. The van der Waals surface area contributed by atoms with Crippen LogP contribution in [-0.4, -0.2) is 20.1 Å². The van der Waals surface area contributed by atoms with E-state index >= 15 is 0 Å². The van der Waals surface area contributed by atoms with Crippen molar-refractivity contribution >= 4 is 40.2 Å². The number of rotatable bonds is 5. The molecule has 0 amide bonds. The van der Waals surface area contributed by atoms with Gasteiger partial charge in [-0.15, -0.1) is 0 Å². The van der Waals surface area contributed by atoms with E-state index in [1.54, 1.807) is 0 Å². The Kier molecular flexibility index (Phi) is 7.29. The van der Waals surface area contributed by atoms with Crippen LogP contribution in [0.15, 0.2) is 94.9 Å². The van der Waals surface area contributed by atoms with Crippen LogP contribution >= 0.6 is 11.8 Å². The molecule has 0 saturated carbocycles. The van der Waals surface area contributed by atoms with Gasteiger partial charge in [0, 0.05) is 23.4 Å². The summed E-state index contributed by atoms with van der Waals surface area (Å²) in [5.74, 6) is 1.22. The van der Waals surface area contributed by atoms with Crippen LogP contribution in [0, 0.1) is 0 Å². The lowest BCUT2D eigenvalue weighted by atomic mass is 10.1. The Bertz CT molecular complexity index is 1300. The number of hydrogen-bond acceptors (Lipinski definition) is 3. The van der Waals surface area contributed by atoms with Crippen LogP contribution in [0.3, 0.4) is 0 Å². The molecule has 1 aliphatic rings. The maximum atomic E-state index is 2.43. The summed E-state index contributed by atoms with van der Waals surface area (Å²) in [6.07, 6.45) is 2.34. The van der Waals surface area contributed by atoms with E-state index in [-0.39, 0.29) is 24.0 Å². The molecule has 0 aliphatic carbocycles. The average Bonchev–Trinajstić information content (AvgIpc) is 3.16. The Hall–Kier alpha value is -2.51. The first-order valence-electron chi connectivity index (χ1n) is 11.2. The van der Waals surface area contributed by atoms with Gasteiger partial charge in [-0.2, -0.15) is 4.57 Å². The highest BCUT2D eigenvalue weighted by Gasteiger charge is 2.25. The molecule has 0 N–H and O–H groups in total. The minimum Gasteiger partial charge on any atom is -1.00 e. The number of aromatic nitrogens is 1. The molecule has 4 aromatic rings. The topological polar surface area (TPSA) is 10.4 Å². The van der Waals surface area contributed by atoms with Gasteiger partial charge in [-0.05, 0) is 55.8 Å². The summed E-state index contributed by atoms with van der Waals surface area (Å²) < 4.78 is 2.39. The van der Waals surface area contributed by atoms with Crippen LogP contribution in [0.1, 0.15) is 19.4 Å². The Balaban J connectivity index is 0.00000259. The largest absolute Gasteiger partial charge is 1.00 e. The van der Waals surface area contributed by atoms with Crippen molar-refractivity contribution in [2.24, 2.45) is 0 Å². The molecular formula is C28H28IN3S. The van der Waals surface area contributed by atoms with Gasteiger partial charge in [-0.3, -0.25) is 4.90 Å². The van der Waals surface area contributed by atoms with E-state index in [0.717, 1.165) is 13.1 Å². The summed E-state index contributed by atoms with van der Waals surface area (Å²) in [5.41, 5.74) is 4.92. The van der Waals surface area contributed by atoms with Crippen LogP contribution in [0.5, 0.6) is 0 Å². The third-order valence-electron chi connectivity index (χ3n) is 6.12. The second kappa shape index (κ2) is 10.2. The number of thioether (sulfide) groups is 1. The van der Waals surface area contributed by atoms with Crippen molar-refractivity contribution in [1.82, 2.24) is 0 Å². The van der Waals surface area contributed by atoms with Gasteiger partial charge in [-0.1, -0.05) is 60.3 Å². The van der Waals surface area contributed by atoms with Crippen molar-refractivity contribution in [3.8, 4) is 5.69 Å². The maximum Gasteiger partial charge on any atom is 0.282 e. The van der Waals surface area contributed by atoms with Crippen molar-refractivity contribution in [2.75, 3.05) is 29.9 Å². The highest BCUT2D eigenvalue weighted by Crippen LogP contribution is 2.45. The van der Waals surface area contributed by atoms with Crippen molar-refractivity contribution < 1.29 is 28.5 Å². The number of pyridine rings is 1. The standard InChI is InChI=1S/C28H28N3S.HI/c1-4-30(5-2)27-19-21(20-28-29(3)25-17-11-12-18-26(25)32-28)23-15-9-10-16-24(23)31(27)22-13-7-6-8-14-22;/h6-20H,4-5H2,1-3H3;1H/q+1;/p-1. The molecule has 0 fully saturated rings. The van der Waals surface area contributed by atoms with Crippen LogP contribution in [0.4, 0.5) is 11.5 Å². The molecule has 2 heterocycles. The van der Waals surface area contributed by atoms with E-state index in [2.05, 4.69) is 126 Å². The lowest BCUT2D eigenvalue weighted by Crippen LogP contribution is -3.00. The number of hydrogen-bond donors (Lipinski definition) is 0. The molecule has 0 saturated heterocycles. The van der Waals surface area contributed by atoms with Gasteiger partial charge in [0.2, 0.25) is 0 Å². The molecule has 1 aromatic heterocycles. The summed E-state index contributed by atoms with van der Waals surface area (Å²) in [6, 6.07) is 30.4. The first-order chi connectivity index (χ1) is 15.7. The lowest BCUT2D eigenvalue weighted by molar-refractivity contribution is -0.553. The third-order valence-corrected chi connectivity index (χ3v) is 7.29. The third kappa shape index (κ3) is 4.36. The summed E-state index contributed by atoms with van der Waals surface area (Å²) in [6.45, 7) is 6.36. The summed E-state index contributed by atoms with van der Waals surface area (Å²) in [7, 11) is 2.16. The molecule has 0 radical (unpaired) electrons. The first-order valence-corrected chi connectivity index (χ1v) is 12.0. The normalized spacial score (nSPS) is 13.8. The number of nitrogens with zero attached hydrogens (tertiary/aromatic N) is 3. The molecule has 3 nitrogen and oxygen atoms in total. The summed E-state index contributed by atoms with van der Waals surface area (Å²) >= 11 is 1.84. The fourth-order valence-electron chi connectivity index (χ4n) is 4.45. The zero-order valence-corrected chi connectivity index (χ0v) is 22.2. The second-order valence-corrected chi connectivity index (χ2v) is 8.99. The minimum absolute atomic E-state index is 0. The minimum atomic E-state index is 0. The van der Waals surface area contributed by atoms with Crippen LogP contribution in [0.2, 0.25) is 0 Å². The molecule has 33 heavy (non-hydrogen) atoms. The molecule has 5 rings (SSSR count). The van der Waals surface area contributed by atoms with Crippen LogP contribution in [0.25, 0.3) is 22.7 Å². The van der Waals surface area contributed by atoms with Gasteiger partial charge < -0.3 is 28.9 Å². The summed E-state index contributed by atoms with van der Waals surface area (Å²) in [5, 5.41) is 2.50. The molecule has 5 heteroatoms. The monoisotopic (exact) mass is 565 g/mol. The number of benzene rings is 3. The smallest absolute Gasteiger partial charge is 0.282 e. The Morgan fingerprint density at radius 3 is 2.27 bits per heavy atom. The van der Waals surface area contributed by atoms with Crippen LogP contribution in [-0.2, 0) is 0 Å². The highest BCUT2D eigenvalue weighted by molar-refractivity contribution is 8.03. The van der Waals surface area contributed by atoms with E-state index in [1.165, 1.54) is 43.6 Å². The Morgan fingerprint density at radius 1 is 0.879 bits per heavy atom. The van der Waals surface area contributed by atoms with Crippen molar-refractivity contribution in [1.29, 1.82) is 0 Å². The molecule has 3 aromatic carbocycles. The predicted octanol–water partition coefficient (Wildman–Crippen LogP) is 3.51. The second-order valence-electron chi connectivity index (χ2n) is 7.93. The number of fused-ring (bicyclic) bond motifs is 2. The zero-order chi connectivity index (χ0) is 22.1. The lowest BCUT2D eigenvalue weighted by Gasteiger charge is -2.20. The van der Waals surface area contributed by atoms with Crippen molar-refractivity contribution in [3.63, 3.8) is 0 Å². The molecule has 0 unspecified atom stereocenters. The average molecular weight is 566 g/mol. The van der Waals surface area contributed by atoms with Gasteiger partial charge in [-0.25, -0.2) is 0 Å². The van der Waals surface area contributed by atoms with Gasteiger partial charge in [0.15, 0.2) is 0 Å². The number of para-hydroxylation sites is 3. The van der Waals surface area contributed by atoms with Crippen LogP contribution < -0.4 is 38.3 Å². The summed E-state index contributed by atoms with van der Waals surface area (Å²) in [4.78, 5) is 6.04. The SMILES string of the molecule is CCN(CC)c1cc(/C=C2\Sc3ccccc3N2C)c2ccccc2[n+]1-c1ccccc1.[I-]. The number of halogens is 1. The van der Waals surface area contributed by atoms with E-state index in [1.807, 2.05) is 11.8 Å². The molecule has 168 valence electrons. The Morgan fingerprint density at radius 2 is 1.55 bits per heavy atom. The maximum absolute atomic E-state index is 2.43. The van der Waals surface area contributed by atoms with Gasteiger partial charge in [0.1, 0.15) is 11.2 Å². The zero-order valence-electron chi connectivity index (χ0n) is 19.2. The Labute approximate surface area is 217 Å². The van der Waals surface area contributed by atoms with E-state index < -0.39 is 0 Å². The predicted molar refractivity (Wildman–Crippen MR) is 138 cm³/mol. The molecule has 0 bridgehead atoms. The molecule has 0 atom stereocenters. The number of anilines is 2. The van der Waals surface area contributed by atoms with E-state index in [9.17, 15) is 0 Å². The fraction of sp³-hybridized carbons (Fsp3) is 0.179. The highest BCUT2D eigenvalue weighted by atomic mass is 127. The quantitative estimate of drug-likeness (QED) is 0.271.